The van der Waals surface area contributed by atoms with Crippen molar-refractivity contribution in [2.75, 3.05) is 6.54 Å². The molecule has 0 radical (unpaired) electrons. The highest BCUT2D eigenvalue weighted by Gasteiger charge is 2.31. The number of ether oxygens (including phenoxy) is 1. The molecule has 1 rings (SSSR count). The van der Waals surface area contributed by atoms with Crippen LogP contribution in [0.5, 0.6) is 5.75 Å². The Hall–Kier alpha value is -2.21. The van der Waals surface area contributed by atoms with Crippen LogP contribution in [0.15, 0.2) is 29.4 Å². The summed E-state index contributed by atoms with van der Waals surface area (Å²) in [6.45, 7) is 0.188. The molecule has 0 aliphatic carbocycles. The Morgan fingerprint density at radius 1 is 1.37 bits per heavy atom. The van der Waals surface area contributed by atoms with Crippen molar-refractivity contribution in [2.45, 2.75) is 12.8 Å². The van der Waals surface area contributed by atoms with E-state index in [4.69, 9.17) is 5.53 Å². The van der Waals surface area contributed by atoms with Gasteiger partial charge in [0.25, 0.3) is 0 Å². The van der Waals surface area contributed by atoms with Gasteiger partial charge in [-0.3, -0.25) is 0 Å². The first kappa shape index (κ1) is 14.8. The summed E-state index contributed by atoms with van der Waals surface area (Å²) in [7, 11) is 0. The summed E-state index contributed by atoms with van der Waals surface area (Å²) >= 11 is 0. The molecule has 0 N–H and O–H groups in total. The summed E-state index contributed by atoms with van der Waals surface area (Å²) in [4.78, 5) is 2.52. The number of benzene rings is 1. The van der Waals surface area contributed by atoms with E-state index in [0.29, 0.717) is 6.42 Å². The third kappa shape index (κ3) is 5.78. The second-order valence-corrected chi connectivity index (χ2v) is 3.38. The fraction of sp³-hybridized carbons (Fsp3) is 0.273. The van der Waals surface area contributed by atoms with Crippen LogP contribution in [0, 0.1) is 5.82 Å². The lowest BCUT2D eigenvalue weighted by Gasteiger charge is -2.09. The van der Waals surface area contributed by atoms with Crippen LogP contribution < -0.4 is 4.74 Å². The maximum Gasteiger partial charge on any atom is 0.573 e. The van der Waals surface area contributed by atoms with Crippen LogP contribution in [0.3, 0.4) is 0 Å². The van der Waals surface area contributed by atoms with Gasteiger partial charge < -0.3 is 4.74 Å². The maximum atomic E-state index is 13.3. The minimum Gasteiger partial charge on any atom is -0.406 e. The van der Waals surface area contributed by atoms with Gasteiger partial charge in [0.15, 0.2) is 0 Å². The lowest BCUT2D eigenvalue weighted by atomic mass is 10.1. The average Bonchev–Trinajstić information content (AvgIpc) is 2.31. The van der Waals surface area contributed by atoms with Gasteiger partial charge in [0, 0.05) is 17.0 Å². The van der Waals surface area contributed by atoms with E-state index in [-0.39, 0.29) is 12.1 Å². The van der Waals surface area contributed by atoms with Crippen molar-refractivity contribution in [1.29, 1.82) is 0 Å². The molecule has 0 saturated carbocycles. The molecular formula is C11H9F4N3O. The van der Waals surface area contributed by atoms with Gasteiger partial charge in [0.1, 0.15) is 11.6 Å². The van der Waals surface area contributed by atoms with Gasteiger partial charge in [-0.2, -0.15) is 0 Å². The number of hydrogen-bond donors (Lipinski definition) is 0. The highest BCUT2D eigenvalue weighted by atomic mass is 19.4. The van der Waals surface area contributed by atoms with E-state index in [2.05, 4.69) is 14.8 Å². The van der Waals surface area contributed by atoms with Crippen LogP contribution in [-0.4, -0.2) is 12.9 Å². The zero-order chi connectivity index (χ0) is 14.3. The minimum absolute atomic E-state index is 0.0392. The summed E-state index contributed by atoms with van der Waals surface area (Å²) < 4.78 is 52.9. The normalized spacial score (nSPS) is 11.4. The lowest BCUT2D eigenvalue weighted by Crippen LogP contribution is -2.17. The quantitative estimate of drug-likeness (QED) is 0.258. The first-order valence-corrected chi connectivity index (χ1v) is 5.15. The van der Waals surface area contributed by atoms with Gasteiger partial charge >= 0.3 is 6.36 Å². The van der Waals surface area contributed by atoms with Crippen molar-refractivity contribution in [3.05, 3.63) is 46.1 Å². The third-order valence-electron chi connectivity index (χ3n) is 1.96. The molecule has 19 heavy (non-hydrogen) atoms. The summed E-state index contributed by atoms with van der Waals surface area (Å²) in [5, 5.41) is 3.25. The van der Waals surface area contributed by atoms with Gasteiger partial charge in [-0.05, 0) is 30.2 Å². The zero-order valence-electron chi connectivity index (χ0n) is 9.56. The predicted octanol–water partition coefficient (Wildman–Crippen LogP) is 4.44. The standard InChI is InChI=1S/C11H9F4N3O/c12-10-5-4-9(19-11(13,14)15)7-8(10)3-1-2-6-17-18-16/h1,3-5,7H,2,6H2. The highest BCUT2D eigenvalue weighted by Crippen LogP contribution is 2.25. The van der Waals surface area contributed by atoms with Crippen molar-refractivity contribution in [2.24, 2.45) is 5.11 Å². The molecule has 0 saturated heterocycles. The predicted molar refractivity (Wildman–Crippen MR) is 60.7 cm³/mol. The topological polar surface area (TPSA) is 58.0 Å². The number of rotatable bonds is 5. The largest absolute Gasteiger partial charge is 0.573 e. The van der Waals surface area contributed by atoms with Crippen molar-refractivity contribution in [3.8, 4) is 5.75 Å². The van der Waals surface area contributed by atoms with Gasteiger partial charge in [0.05, 0.1) is 0 Å². The molecular weight excluding hydrogens is 266 g/mol. The van der Waals surface area contributed by atoms with Crippen molar-refractivity contribution in [1.82, 2.24) is 0 Å². The molecule has 0 spiro atoms. The Labute approximate surface area is 105 Å². The van der Waals surface area contributed by atoms with Crippen molar-refractivity contribution in [3.63, 3.8) is 0 Å². The van der Waals surface area contributed by atoms with Crippen molar-refractivity contribution < 1.29 is 22.3 Å². The lowest BCUT2D eigenvalue weighted by molar-refractivity contribution is -0.274. The highest BCUT2D eigenvalue weighted by molar-refractivity contribution is 5.52. The molecule has 0 amide bonds. The van der Waals surface area contributed by atoms with Crippen LogP contribution in [-0.2, 0) is 0 Å². The van der Waals surface area contributed by atoms with Crippen LogP contribution >= 0.6 is 0 Å². The Kier molecular flexibility index (Phi) is 5.20. The van der Waals surface area contributed by atoms with Crippen LogP contribution in [0.1, 0.15) is 12.0 Å². The number of azide groups is 1. The molecule has 102 valence electrons. The molecule has 0 atom stereocenters. The molecule has 0 heterocycles. The smallest absolute Gasteiger partial charge is 0.406 e. The summed E-state index contributed by atoms with van der Waals surface area (Å²) in [6, 6.07) is 2.71. The second-order valence-electron chi connectivity index (χ2n) is 3.38. The van der Waals surface area contributed by atoms with E-state index >= 15 is 0 Å². The van der Waals surface area contributed by atoms with E-state index in [1.165, 1.54) is 12.2 Å². The molecule has 4 nitrogen and oxygen atoms in total. The van der Waals surface area contributed by atoms with Crippen LogP contribution in [0.2, 0.25) is 0 Å². The van der Waals surface area contributed by atoms with Crippen molar-refractivity contribution >= 4 is 6.08 Å². The van der Waals surface area contributed by atoms with E-state index < -0.39 is 17.9 Å². The van der Waals surface area contributed by atoms with Crippen LogP contribution in [0.25, 0.3) is 16.5 Å². The number of hydrogen-bond acceptors (Lipinski definition) is 2. The summed E-state index contributed by atoms with van der Waals surface area (Å²) in [6.07, 6.45) is -1.68. The SMILES string of the molecule is [N-]=[N+]=NCCC=Cc1cc(OC(F)(F)F)ccc1F. The first-order chi connectivity index (χ1) is 8.92. The Bertz CT molecular complexity index is 507. The average molecular weight is 275 g/mol. The first-order valence-electron chi connectivity index (χ1n) is 5.15. The molecule has 0 fully saturated rings. The zero-order valence-corrected chi connectivity index (χ0v) is 9.56. The number of nitrogens with zero attached hydrogens (tertiary/aromatic N) is 3. The molecule has 0 aliphatic rings. The van der Waals surface area contributed by atoms with Gasteiger partial charge in [0.2, 0.25) is 0 Å². The maximum absolute atomic E-state index is 13.3. The molecule has 0 unspecified atom stereocenters. The summed E-state index contributed by atoms with van der Waals surface area (Å²) in [5.74, 6) is -1.17. The number of alkyl halides is 3. The summed E-state index contributed by atoms with van der Waals surface area (Å²) in [5.41, 5.74) is 7.98. The molecule has 8 heteroatoms. The fourth-order valence-electron chi connectivity index (χ4n) is 1.23. The van der Waals surface area contributed by atoms with E-state index in [1.807, 2.05) is 0 Å². The molecule has 0 aromatic heterocycles. The van der Waals surface area contributed by atoms with Gasteiger partial charge in [-0.1, -0.05) is 17.3 Å². The Morgan fingerprint density at radius 2 is 2.11 bits per heavy atom. The Balaban J connectivity index is 2.76. The molecule has 0 aliphatic heterocycles. The monoisotopic (exact) mass is 275 g/mol. The molecule has 1 aromatic rings. The van der Waals surface area contributed by atoms with E-state index in [1.54, 1.807) is 0 Å². The molecule has 0 bridgehead atoms. The third-order valence-corrected chi connectivity index (χ3v) is 1.96. The second kappa shape index (κ2) is 6.65. The number of halogens is 4. The fourth-order valence-corrected chi connectivity index (χ4v) is 1.23. The Morgan fingerprint density at radius 3 is 2.74 bits per heavy atom. The van der Waals surface area contributed by atoms with E-state index in [9.17, 15) is 17.6 Å². The van der Waals surface area contributed by atoms with E-state index in [0.717, 1.165) is 18.2 Å². The van der Waals surface area contributed by atoms with Gasteiger partial charge in [-0.25, -0.2) is 4.39 Å². The van der Waals surface area contributed by atoms with Gasteiger partial charge in [-0.15, -0.1) is 13.2 Å². The minimum atomic E-state index is -4.82. The van der Waals surface area contributed by atoms with Crippen LogP contribution in [0.4, 0.5) is 17.6 Å². The molecule has 1 aromatic carbocycles.